The second-order valence-electron chi connectivity index (χ2n) is 12.9. The number of aliphatic hydroxyl groups excluding tert-OH is 1. The van der Waals surface area contributed by atoms with Gasteiger partial charge in [0, 0.05) is 11.8 Å². The van der Waals surface area contributed by atoms with Crippen molar-refractivity contribution in [3.63, 3.8) is 0 Å². The maximum absolute atomic E-state index is 10.5. The van der Waals surface area contributed by atoms with E-state index in [-0.39, 0.29) is 40.2 Å². The fourth-order valence-corrected chi connectivity index (χ4v) is 6.65. The van der Waals surface area contributed by atoms with Crippen LogP contribution in [0.5, 0.6) is 0 Å². The van der Waals surface area contributed by atoms with Gasteiger partial charge in [0.1, 0.15) is 0 Å². The molecule has 0 radical (unpaired) electrons. The molecule has 1 fully saturated rings. The molecule has 1 rings (SSSR count). The molecule has 0 aromatic rings. The van der Waals surface area contributed by atoms with Gasteiger partial charge in [-0.3, -0.25) is 0 Å². The first-order valence-electron chi connectivity index (χ1n) is 12.8. The molecule has 188 valence electrons. The second-order valence-corrected chi connectivity index (χ2v) is 22.4. The highest BCUT2D eigenvalue weighted by Crippen LogP contribution is 2.47. The number of rotatable bonds is 11. The highest BCUT2D eigenvalue weighted by Gasteiger charge is 2.49. The van der Waals surface area contributed by atoms with Crippen LogP contribution in [0.15, 0.2) is 24.8 Å². The summed E-state index contributed by atoms with van der Waals surface area (Å²) in [5.41, 5.74) is 0. The lowest BCUT2D eigenvalue weighted by Gasteiger charge is -2.40. The molecule has 5 heteroatoms. The van der Waals surface area contributed by atoms with Crippen LogP contribution in [0.4, 0.5) is 0 Å². The zero-order valence-corrected chi connectivity index (χ0v) is 25.1. The SMILES string of the molecule is C=C[C@H]1[C@@H](/C=C/[C@H](O)CCCCC)[C@H](O[Si](C)(C)C(C)(C)C)C[C@@H]1O[Si](C)(C)C(C)(C)C. The molecule has 0 aromatic carbocycles. The van der Waals surface area contributed by atoms with Gasteiger partial charge in [-0.05, 0) is 49.1 Å². The Bertz CT molecular complexity index is 613. The van der Waals surface area contributed by atoms with Gasteiger partial charge in [-0.1, -0.05) is 86.0 Å². The molecule has 0 aliphatic heterocycles. The molecule has 0 spiro atoms. The van der Waals surface area contributed by atoms with Gasteiger partial charge in [-0.15, -0.1) is 6.58 Å². The molecule has 32 heavy (non-hydrogen) atoms. The van der Waals surface area contributed by atoms with E-state index >= 15 is 0 Å². The Kier molecular flexibility index (Phi) is 10.7. The van der Waals surface area contributed by atoms with Gasteiger partial charge in [0.2, 0.25) is 0 Å². The highest BCUT2D eigenvalue weighted by molar-refractivity contribution is 6.74. The predicted molar refractivity (Wildman–Crippen MR) is 145 cm³/mol. The lowest BCUT2D eigenvalue weighted by Crippen LogP contribution is -2.45. The third-order valence-corrected chi connectivity index (χ3v) is 17.2. The average molecular weight is 483 g/mol. The standard InChI is InChI=1S/C27H54O3Si2/c1-13-15-16-17-21(28)18-19-23-22(14-2)24(29-31(9,10)26(3,4)5)20-25(23)30-32(11,12)27(6,7)8/h14,18-19,21-25,28H,2,13,15-17,20H2,1,3-12H3/b19-18+/t21-,22+,23-,24+,25-/m1/s1. The predicted octanol–water partition coefficient (Wildman–Crippen LogP) is 8.09. The minimum Gasteiger partial charge on any atom is -0.413 e. The van der Waals surface area contributed by atoms with Gasteiger partial charge >= 0.3 is 0 Å². The Labute approximate surface area is 202 Å². The van der Waals surface area contributed by atoms with Crippen molar-refractivity contribution in [1.82, 2.24) is 0 Å². The lowest BCUT2D eigenvalue weighted by atomic mass is 9.92. The molecule has 1 N–H and O–H groups in total. The van der Waals surface area contributed by atoms with Crippen molar-refractivity contribution in [2.75, 3.05) is 0 Å². The third-order valence-electron chi connectivity index (χ3n) is 8.20. The van der Waals surface area contributed by atoms with E-state index in [0.29, 0.717) is 0 Å². The summed E-state index contributed by atoms with van der Waals surface area (Å²) in [5, 5.41) is 10.9. The van der Waals surface area contributed by atoms with Crippen LogP contribution in [-0.2, 0) is 8.85 Å². The summed E-state index contributed by atoms with van der Waals surface area (Å²) in [6, 6.07) is 0. The van der Waals surface area contributed by atoms with E-state index in [4.69, 9.17) is 8.85 Å². The van der Waals surface area contributed by atoms with Crippen molar-refractivity contribution >= 4 is 16.6 Å². The van der Waals surface area contributed by atoms with E-state index in [1.165, 1.54) is 12.8 Å². The molecule has 0 bridgehead atoms. The molecule has 0 aromatic heterocycles. The van der Waals surface area contributed by atoms with Gasteiger partial charge in [-0.2, -0.15) is 0 Å². The van der Waals surface area contributed by atoms with Crippen LogP contribution in [0, 0.1) is 11.8 Å². The van der Waals surface area contributed by atoms with Gasteiger partial charge in [-0.25, -0.2) is 0 Å². The maximum atomic E-state index is 10.5. The van der Waals surface area contributed by atoms with Crippen LogP contribution in [0.1, 0.15) is 80.6 Å². The smallest absolute Gasteiger partial charge is 0.192 e. The Hall–Kier alpha value is -0.206. The molecule has 3 nitrogen and oxygen atoms in total. The Balaban J connectivity index is 3.17. The van der Waals surface area contributed by atoms with E-state index in [0.717, 1.165) is 19.3 Å². The van der Waals surface area contributed by atoms with Crippen molar-refractivity contribution in [1.29, 1.82) is 0 Å². The normalized spacial score (nSPS) is 26.6. The summed E-state index contributed by atoms with van der Waals surface area (Å²) in [4.78, 5) is 0. The Morgan fingerprint density at radius 2 is 1.38 bits per heavy atom. The van der Waals surface area contributed by atoms with Crippen molar-refractivity contribution in [3.8, 4) is 0 Å². The van der Waals surface area contributed by atoms with Gasteiger partial charge in [0.05, 0.1) is 18.3 Å². The lowest BCUT2D eigenvalue weighted by molar-refractivity contribution is 0.135. The van der Waals surface area contributed by atoms with Gasteiger partial charge in [0.15, 0.2) is 16.6 Å². The van der Waals surface area contributed by atoms with Crippen LogP contribution in [0.25, 0.3) is 0 Å². The molecular weight excluding hydrogens is 428 g/mol. The monoisotopic (exact) mass is 482 g/mol. The number of hydrogen-bond acceptors (Lipinski definition) is 3. The molecule has 1 aliphatic rings. The summed E-state index contributed by atoms with van der Waals surface area (Å²) in [6.07, 6.45) is 11.3. The van der Waals surface area contributed by atoms with E-state index in [9.17, 15) is 5.11 Å². The average Bonchev–Trinajstić information content (AvgIpc) is 2.92. The van der Waals surface area contributed by atoms with Crippen LogP contribution in [-0.4, -0.2) is 40.1 Å². The molecule has 0 unspecified atom stereocenters. The van der Waals surface area contributed by atoms with Crippen molar-refractivity contribution in [2.45, 2.75) is 135 Å². The third kappa shape index (κ3) is 7.94. The van der Waals surface area contributed by atoms with Crippen LogP contribution in [0.3, 0.4) is 0 Å². The highest BCUT2D eigenvalue weighted by atomic mass is 28.4. The maximum Gasteiger partial charge on any atom is 0.192 e. The molecule has 0 saturated heterocycles. The molecule has 1 aliphatic carbocycles. The summed E-state index contributed by atoms with van der Waals surface area (Å²) in [5.74, 6) is 0.398. The largest absolute Gasteiger partial charge is 0.413 e. The van der Waals surface area contributed by atoms with E-state index in [1.54, 1.807) is 0 Å². The van der Waals surface area contributed by atoms with Crippen molar-refractivity contribution in [3.05, 3.63) is 24.8 Å². The summed E-state index contributed by atoms with van der Waals surface area (Å²) in [7, 11) is -3.85. The Morgan fingerprint density at radius 1 is 0.906 bits per heavy atom. The molecule has 5 atom stereocenters. The van der Waals surface area contributed by atoms with E-state index in [2.05, 4.69) is 93.4 Å². The van der Waals surface area contributed by atoms with E-state index < -0.39 is 16.6 Å². The summed E-state index contributed by atoms with van der Waals surface area (Å²) in [6.45, 7) is 29.5. The van der Waals surface area contributed by atoms with Crippen LogP contribution in [0.2, 0.25) is 36.3 Å². The van der Waals surface area contributed by atoms with Crippen LogP contribution >= 0.6 is 0 Å². The molecular formula is C27H54O3Si2. The fraction of sp³-hybridized carbons (Fsp3) is 0.852. The first kappa shape index (κ1) is 29.8. The first-order valence-corrected chi connectivity index (χ1v) is 18.6. The number of unbranched alkanes of at least 4 members (excludes halogenated alkanes) is 2. The van der Waals surface area contributed by atoms with Gasteiger partial charge in [0.25, 0.3) is 0 Å². The van der Waals surface area contributed by atoms with Crippen molar-refractivity contribution in [2.24, 2.45) is 11.8 Å². The van der Waals surface area contributed by atoms with Crippen LogP contribution < -0.4 is 0 Å². The topological polar surface area (TPSA) is 38.7 Å². The minimum absolute atomic E-state index is 0.104. The second kappa shape index (κ2) is 11.5. The first-order chi connectivity index (χ1) is 14.5. The zero-order valence-electron chi connectivity index (χ0n) is 23.1. The van der Waals surface area contributed by atoms with Crippen molar-refractivity contribution < 1.29 is 14.0 Å². The number of aliphatic hydroxyl groups is 1. The number of hydrogen-bond donors (Lipinski definition) is 1. The molecule has 0 amide bonds. The van der Waals surface area contributed by atoms with Gasteiger partial charge < -0.3 is 14.0 Å². The summed E-state index contributed by atoms with van der Waals surface area (Å²) >= 11 is 0. The minimum atomic E-state index is -1.94. The fourth-order valence-electron chi connectivity index (χ4n) is 3.92. The quantitative estimate of drug-likeness (QED) is 0.184. The molecule has 0 heterocycles. The Morgan fingerprint density at radius 3 is 1.78 bits per heavy atom. The summed E-state index contributed by atoms with van der Waals surface area (Å²) < 4.78 is 13.9. The molecule has 1 saturated carbocycles. The van der Waals surface area contributed by atoms with E-state index in [1.807, 2.05) is 6.08 Å². The zero-order chi connectivity index (χ0) is 25.0.